The first-order chi connectivity index (χ1) is 10.2. The van der Waals surface area contributed by atoms with Gasteiger partial charge in [0.25, 0.3) is 0 Å². The van der Waals surface area contributed by atoms with E-state index >= 15 is 0 Å². The Bertz CT molecular complexity index is 595. The molecule has 0 aliphatic rings. The smallest absolute Gasteiger partial charge is 0.119 e. The van der Waals surface area contributed by atoms with Crippen molar-refractivity contribution in [3.05, 3.63) is 46.0 Å². The lowest BCUT2D eigenvalue weighted by molar-refractivity contribution is 0.414. The first-order valence-corrected chi connectivity index (χ1v) is 7.99. The number of rotatable bonds is 7. The average Bonchev–Trinajstić information content (AvgIpc) is 2.83. The lowest BCUT2D eigenvalue weighted by atomic mass is 10.2. The van der Waals surface area contributed by atoms with Crippen LogP contribution in [0.5, 0.6) is 5.75 Å². The Morgan fingerprint density at radius 3 is 2.90 bits per heavy atom. The molecule has 0 fully saturated rings. The van der Waals surface area contributed by atoms with Crippen LogP contribution in [0.2, 0.25) is 0 Å². The molecule has 0 radical (unpaired) electrons. The SMILES string of the molecule is CCCNCc1cnc(C)n1Cc1cc(OC)ccc1Br. The molecule has 0 bridgehead atoms. The molecule has 0 amide bonds. The highest BCUT2D eigenvalue weighted by atomic mass is 79.9. The molecule has 0 unspecified atom stereocenters. The van der Waals surface area contributed by atoms with Crippen molar-refractivity contribution in [2.45, 2.75) is 33.4 Å². The van der Waals surface area contributed by atoms with E-state index in [1.54, 1.807) is 7.11 Å². The van der Waals surface area contributed by atoms with E-state index in [2.05, 4.69) is 43.8 Å². The molecule has 1 aromatic heterocycles. The van der Waals surface area contributed by atoms with E-state index in [1.807, 2.05) is 25.3 Å². The van der Waals surface area contributed by atoms with Crippen molar-refractivity contribution in [3.8, 4) is 5.75 Å². The van der Waals surface area contributed by atoms with Gasteiger partial charge in [-0.15, -0.1) is 0 Å². The molecule has 4 nitrogen and oxygen atoms in total. The van der Waals surface area contributed by atoms with Crippen LogP contribution in [0.15, 0.2) is 28.9 Å². The van der Waals surface area contributed by atoms with Crippen LogP contribution in [0.4, 0.5) is 0 Å². The summed E-state index contributed by atoms with van der Waals surface area (Å²) in [4.78, 5) is 4.44. The van der Waals surface area contributed by atoms with Gasteiger partial charge in [-0.25, -0.2) is 4.98 Å². The Hall–Kier alpha value is -1.33. The molecule has 5 heteroatoms. The van der Waals surface area contributed by atoms with Gasteiger partial charge in [0.05, 0.1) is 19.3 Å². The van der Waals surface area contributed by atoms with Crippen LogP contribution < -0.4 is 10.1 Å². The van der Waals surface area contributed by atoms with Crippen LogP contribution in [-0.4, -0.2) is 23.2 Å². The van der Waals surface area contributed by atoms with Crippen molar-refractivity contribution >= 4 is 15.9 Å². The molecule has 114 valence electrons. The summed E-state index contributed by atoms with van der Waals surface area (Å²) in [7, 11) is 1.69. The number of ether oxygens (including phenoxy) is 1. The molecule has 1 heterocycles. The summed E-state index contributed by atoms with van der Waals surface area (Å²) in [6.45, 7) is 6.86. The standard InChI is InChI=1S/C16H22BrN3O/c1-4-7-18-9-14-10-19-12(2)20(14)11-13-8-15(21-3)5-6-16(13)17/h5-6,8,10,18H,4,7,9,11H2,1-3H3. The maximum Gasteiger partial charge on any atom is 0.119 e. The fourth-order valence-electron chi connectivity index (χ4n) is 2.24. The summed E-state index contributed by atoms with van der Waals surface area (Å²) in [5.74, 6) is 1.90. The monoisotopic (exact) mass is 351 g/mol. The van der Waals surface area contributed by atoms with Crippen molar-refractivity contribution in [3.63, 3.8) is 0 Å². The molecule has 0 aliphatic carbocycles. The van der Waals surface area contributed by atoms with Crippen molar-refractivity contribution in [1.82, 2.24) is 14.9 Å². The maximum atomic E-state index is 5.31. The number of methoxy groups -OCH3 is 1. The predicted molar refractivity (Wildman–Crippen MR) is 88.8 cm³/mol. The second kappa shape index (κ2) is 7.61. The lowest BCUT2D eigenvalue weighted by Crippen LogP contribution is -2.17. The Morgan fingerprint density at radius 1 is 1.38 bits per heavy atom. The van der Waals surface area contributed by atoms with Gasteiger partial charge in [0, 0.05) is 17.2 Å². The third kappa shape index (κ3) is 4.08. The predicted octanol–water partition coefficient (Wildman–Crippen LogP) is 3.51. The highest BCUT2D eigenvalue weighted by molar-refractivity contribution is 9.10. The molecular formula is C16H22BrN3O. The zero-order chi connectivity index (χ0) is 15.2. The van der Waals surface area contributed by atoms with E-state index < -0.39 is 0 Å². The first-order valence-electron chi connectivity index (χ1n) is 7.19. The van der Waals surface area contributed by atoms with Crippen molar-refractivity contribution < 1.29 is 4.74 Å². The molecule has 0 spiro atoms. The van der Waals surface area contributed by atoms with Crippen LogP contribution in [0.3, 0.4) is 0 Å². The number of hydrogen-bond acceptors (Lipinski definition) is 3. The minimum atomic E-state index is 0.784. The van der Waals surface area contributed by atoms with Gasteiger partial charge < -0.3 is 14.6 Å². The largest absolute Gasteiger partial charge is 0.497 e. The third-order valence-corrected chi connectivity index (χ3v) is 4.23. The first kappa shape index (κ1) is 16.0. The van der Waals surface area contributed by atoms with Gasteiger partial charge in [-0.3, -0.25) is 0 Å². The third-order valence-electron chi connectivity index (χ3n) is 3.45. The molecule has 2 aromatic rings. The minimum absolute atomic E-state index is 0.784. The quantitative estimate of drug-likeness (QED) is 0.775. The second-order valence-electron chi connectivity index (χ2n) is 5.02. The van der Waals surface area contributed by atoms with E-state index in [-0.39, 0.29) is 0 Å². The fraction of sp³-hybridized carbons (Fsp3) is 0.438. The van der Waals surface area contributed by atoms with Crippen LogP contribution in [0.25, 0.3) is 0 Å². The van der Waals surface area contributed by atoms with E-state index in [4.69, 9.17) is 4.74 Å². The fourth-order valence-corrected chi connectivity index (χ4v) is 2.61. The Kier molecular flexibility index (Phi) is 5.82. The van der Waals surface area contributed by atoms with Gasteiger partial charge in [-0.05, 0) is 43.7 Å². The Balaban J connectivity index is 2.20. The Labute approximate surface area is 134 Å². The summed E-state index contributed by atoms with van der Waals surface area (Å²) >= 11 is 3.61. The van der Waals surface area contributed by atoms with Crippen LogP contribution in [0, 0.1) is 6.92 Å². The van der Waals surface area contributed by atoms with Gasteiger partial charge >= 0.3 is 0 Å². The zero-order valence-electron chi connectivity index (χ0n) is 12.8. The summed E-state index contributed by atoms with van der Waals surface area (Å²) < 4.78 is 8.64. The topological polar surface area (TPSA) is 39.1 Å². The number of hydrogen-bond donors (Lipinski definition) is 1. The van der Waals surface area contributed by atoms with Crippen molar-refractivity contribution in [1.29, 1.82) is 0 Å². The number of benzene rings is 1. The summed E-state index contributed by atoms with van der Waals surface area (Å²) in [5, 5.41) is 3.43. The number of aryl methyl sites for hydroxylation is 1. The molecular weight excluding hydrogens is 330 g/mol. The average molecular weight is 352 g/mol. The normalized spacial score (nSPS) is 10.9. The van der Waals surface area contributed by atoms with Crippen LogP contribution >= 0.6 is 15.9 Å². The second-order valence-corrected chi connectivity index (χ2v) is 5.87. The molecule has 0 atom stereocenters. The van der Waals surface area contributed by atoms with Gasteiger partial charge in [0.15, 0.2) is 0 Å². The highest BCUT2D eigenvalue weighted by Crippen LogP contribution is 2.24. The van der Waals surface area contributed by atoms with E-state index in [9.17, 15) is 0 Å². The molecule has 0 saturated carbocycles. The summed E-state index contributed by atoms with van der Waals surface area (Å²) in [6, 6.07) is 6.04. The van der Waals surface area contributed by atoms with E-state index in [0.29, 0.717) is 0 Å². The number of halogens is 1. The Morgan fingerprint density at radius 2 is 2.19 bits per heavy atom. The minimum Gasteiger partial charge on any atom is -0.497 e. The molecule has 1 aromatic carbocycles. The van der Waals surface area contributed by atoms with Gasteiger partial charge in [0.1, 0.15) is 11.6 Å². The molecule has 1 N–H and O–H groups in total. The summed E-state index contributed by atoms with van der Waals surface area (Å²) in [6.07, 6.45) is 3.08. The van der Waals surface area contributed by atoms with Crippen molar-refractivity contribution in [2.24, 2.45) is 0 Å². The van der Waals surface area contributed by atoms with Crippen molar-refractivity contribution in [2.75, 3.05) is 13.7 Å². The molecule has 0 aliphatic heterocycles. The van der Waals surface area contributed by atoms with E-state index in [1.165, 1.54) is 11.3 Å². The van der Waals surface area contributed by atoms with E-state index in [0.717, 1.165) is 42.1 Å². The number of nitrogens with zero attached hydrogens (tertiary/aromatic N) is 2. The van der Waals surface area contributed by atoms with Gasteiger partial charge in [-0.2, -0.15) is 0 Å². The molecule has 21 heavy (non-hydrogen) atoms. The number of nitrogens with one attached hydrogen (secondary N) is 1. The summed E-state index contributed by atoms with van der Waals surface area (Å²) in [5.41, 5.74) is 2.39. The molecule has 0 saturated heterocycles. The van der Waals surface area contributed by atoms with Gasteiger partial charge in [0.2, 0.25) is 0 Å². The zero-order valence-corrected chi connectivity index (χ0v) is 14.4. The lowest BCUT2D eigenvalue weighted by Gasteiger charge is -2.13. The van der Waals surface area contributed by atoms with Gasteiger partial charge in [-0.1, -0.05) is 22.9 Å². The highest BCUT2D eigenvalue weighted by Gasteiger charge is 2.09. The number of imidazole rings is 1. The molecule has 2 rings (SSSR count). The van der Waals surface area contributed by atoms with Crippen LogP contribution in [0.1, 0.15) is 30.4 Å². The maximum absolute atomic E-state index is 5.31. The number of aromatic nitrogens is 2. The van der Waals surface area contributed by atoms with Crippen LogP contribution in [-0.2, 0) is 13.1 Å².